The van der Waals surface area contributed by atoms with Crippen LogP contribution in [-0.2, 0) is 25.9 Å². The molecule has 7 nitrogen and oxygen atoms in total. The number of rotatable bonds is 6. The molecule has 0 radical (unpaired) electrons. The van der Waals surface area contributed by atoms with E-state index in [1.807, 2.05) is 4.90 Å². The maximum atomic E-state index is 13.6. The van der Waals surface area contributed by atoms with E-state index in [1.165, 1.54) is 22.0 Å². The highest BCUT2D eigenvalue weighted by Crippen LogP contribution is 2.30. The third-order valence-electron chi connectivity index (χ3n) is 7.64. The van der Waals surface area contributed by atoms with E-state index in [-0.39, 0.29) is 5.91 Å². The van der Waals surface area contributed by atoms with Crippen molar-refractivity contribution in [3.63, 3.8) is 0 Å². The molecular formula is C28H37N5O2. The van der Waals surface area contributed by atoms with Gasteiger partial charge in [-0.15, -0.1) is 0 Å². The maximum Gasteiger partial charge on any atom is 0.274 e. The minimum absolute atomic E-state index is 0.0973. The normalized spacial score (nSPS) is 18.9. The summed E-state index contributed by atoms with van der Waals surface area (Å²) in [5.41, 5.74) is 4.23. The zero-order valence-corrected chi connectivity index (χ0v) is 21.2. The molecule has 1 atom stereocenters. The van der Waals surface area contributed by atoms with Crippen LogP contribution in [0.3, 0.4) is 0 Å². The van der Waals surface area contributed by atoms with E-state index in [0.717, 1.165) is 76.3 Å². The van der Waals surface area contributed by atoms with Gasteiger partial charge in [0.25, 0.3) is 5.91 Å². The monoisotopic (exact) mass is 475 g/mol. The van der Waals surface area contributed by atoms with Crippen LogP contribution >= 0.6 is 0 Å². The molecule has 1 amide bonds. The van der Waals surface area contributed by atoms with E-state index in [2.05, 4.69) is 65.3 Å². The summed E-state index contributed by atoms with van der Waals surface area (Å²) in [6.45, 7) is 7.16. The van der Waals surface area contributed by atoms with Crippen LogP contribution in [0.2, 0.25) is 0 Å². The zero-order valence-electron chi connectivity index (χ0n) is 21.2. The van der Waals surface area contributed by atoms with Gasteiger partial charge in [0.1, 0.15) is 5.75 Å². The van der Waals surface area contributed by atoms with Crippen molar-refractivity contribution in [1.82, 2.24) is 24.9 Å². The molecule has 35 heavy (non-hydrogen) atoms. The molecule has 0 saturated carbocycles. The number of hydrogen-bond donors (Lipinski definition) is 1. The highest BCUT2D eigenvalue weighted by Gasteiger charge is 2.31. The minimum atomic E-state index is 0.0973. The summed E-state index contributed by atoms with van der Waals surface area (Å²) >= 11 is 0. The lowest BCUT2D eigenvalue weighted by molar-refractivity contribution is 0.0754. The third-order valence-corrected chi connectivity index (χ3v) is 7.64. The molecule has 1 unspecified atom stereocenters. The molecule has 3 aromatic rings. The topological polar surface area (TPSA) is 62.6 Å². The van der Waals surface area contributed by atoms with E-state index in [4.69, 9.17) is 9.84 Å². The fraction of sp³-hybridized carbons (Fsp3) is 0.500. The lowest BCUT2D eigenvalue weighted by Gasteiger charge is -2.26. The summed E-state index contributed by atoms with van der Waals surface area (Å²) in [5, 5.41) is 11.0. The molecule has 1 fully saturated rings. The van der Waals surface area contributed by atoms with Crippen molar-refractivity contribution >= 4 is 16.7 Å². The van der Waals surface area contributed by atoms with E-state index in [9.17, 15) is 4.79 Å². The summed E-state index contributed by atoms with van der Waals surface area (Å²) < 4.78 is 7.75. The highest BCUT2D eigenvalue weighted by atomic mass is 16.5. The zero-order chi connectivity index (χ0) is 24.4. The van der Waals surface area contributed by atoms with Crippen LogP contribution in [0.5, 0.6) is 5.75 Å². The van der Waals surface area contributed by atoms with Gasteiger partial charge in [0, 0.05) is 55.6 Å². The molecule has 2 aliphatic rings. The Morgan fingerprint density at radius 3 is 2.83 bits per heavy atom. The Kier molecular flexibility index (Phi) is 7.07. The van der Waals surface area contributed by atoms with Crippen molar-refractivity contribution in [2.45, 2.75) is 51.7 Å². The number of hydrogen-bond acceptors (Lipinski definition) is 5. The van der Waals surface area contributed by atoms with Gasteiger partial charge in [0.2, 0.25) is 0 Å². The summed E-state index contributed by atoms with van der Waals surface area (Å²) in [5.74, 6) is 1.01. The molecule has 1 aliphatic carbocycles. The van der Waals surface area contributed by atoms with Crippen molar-refractivity contribution in [2.75, 3.05) is 40.3 Å². The molecule has 186 valence electrons. The van der Waals surface area contributed by atoms with Gasteiger partial charge in [-0.25, -0.2) is 0 Å². The maximum absolute atomic E-state index is 13.6. The van der Waals surface area contributed by atoms with Crippen LogP contribution in [0.25, 0.3) is 10.8 Å². The van der Waals surface area contributed by atoms with Gasteiger partial charge in [-0.1, -0.05) is 30.3 Å². The molecular weight excluding hydrogens is 438 g/mol. The Balaban J connectivity index is 1.36. The van der Waals surface area contributed by atoms with Gasteiger partial charge < -0.3 is 19.9 Å². The Morgan fingerprint density at radius 1 is 1.14 bits per heavy atom. The fourth-order valence-electron chi connectivity index (χ4n) is 5.63. The predicted molar refractivity (Wildman–Crippen MR) is 139 cm³/mol. The number of carbonyl (C=O) groups excluding carboxylic acids is 1. The van der Waals surface area contributed by atoms with E-state index in [1.54, 1.807) is 7.11 Å². The second-order valence-electron chi connectivity index (χ2n) is 9.83. The number of amides is 1. The first-order valence-corrected chi connectivity index (χ1v) is 12.9. The van der Waals surface area contributed by atoms with Gasteiger partial charge in [-0.3, -0.25) is 9.48 Å². The highest BCUT2D eigenvalue weighted by molar-refractivity contribution is 5.94. The molecule has 1 N–H and O–H groups in total. The van der Waals surface area contributed by atoms with Crippen molar-refractivity contribution in [2.24, 2.45) is 0 Å². The number of aryl methyl sites for hydroxylation is 1. The second-order valence-corrected chi connectivity index (χ2v) is 9.83. The first-order chi connectivity index (χ1) is 17.1. The van der Waals surface area contributed by atoms with Crippen LogP contribution in [0.4, 0.5) is 0 Å². The van der Waals surface area contributed by atoms with Crippen LogP contribution in [0.1, 0.15) is 47.1 Å². The lowest BCUT2D eigenvalue weighted by Crippen LogP contribution is -2.37. The number of carbonyl (C=O) groups is 1. The van der Waals surface area contributed by atoms with Crippen molar-refractivity contribution in [3.8, 4) is 5.75 Å². The smallest absolute Gasteiger partial charge is 0.274 e. The predicted octanol–water partition coefficient (Wildman–Crippen LogP) is 3.49. The third kappa shape index (κ3) is 4.80. The number of nitrogens with one attached hydrogen (secondary N) is 1. The molecule has 1 aliphatic heterocycles. The summed E-state index contributed by atoms with van der Waals surface area (Å²) in [6.07, 6.45) is 3.82. The number of aromatic nitrogens is 2. The van der Waals surface area contributed by atoms with Crippen molar-refractivity contribution < 1.29 is 9.53 Å². The Hall–Kier alpha value is -2.90. The standard InChI is InChI=1S/C28H37N5O2/c1-4-33-25-12-11-21(29-19-24-22-9-6-5-8-20(22)10-13-26(24)35-3)18-23(25)27(30-33)28(34)32-15-7-14-31(2)16-17-32/h5-6,8-10,13,21,29H,4,7,11-12,14-19H2,1-3H3. The SMILES string of the molecule is CCn1nc(C(=O)N2CCCN(C)CC2)c2c1CCC(NCc1c(OC)ccc3ccccc13)C2. The van der Waals surface area contributed by atoms with E-state index >= 15 is 0 Å². The average Bonchev–Trinajstić information content (AvgIpc) is 3.12. The van der Waals surface area contributed by atoms with Gasteiger partial charge in [0.15, 0.2) is 5.69 Å². The number of ether oxygens (including phenoxy) is 1. The average molecular weight is 476 g/mol. The number of methoxy groups -OCH3 is 1. The summed E-state index contributed by atoms with van der Waals surface area (Å²) in [6, 6.07) is 12.9. The van der Waals surface area contributed by atoms with Gasteiger partial charge in [0.05, 0.1) is 7.11 Å². The second kappa shape index (κ2) is 10.4. The number of nitrogens with zero attached hydrogens (tertiary/aromatic N) is 4. The fourth-order valence-corrected chi connectivity index (χ4v) is 5.63. The molecule has 2 heterocycles. The quantitative estimate of drug-likeness (QED) is 0.591. The summed E-state index contributed by atoms with van der Waals surface area (Å²) in [4.78, 5) is 17.9. The van der Waals surface area contributed by atoms with Crippen molar-refractivity contribution in [1.29, 1.82) is 0 Å². The van der Waals surface area contributed by atoms with Gasteiger partial charge in [-0.05, 0) is 63.0 Å². The Morgan fingerprint density at radius 2 is 2.00 bits per heavy atom. The van der Waals surface area contributed by atoms with E-state index in [0.29, 0.717) is 11.7 Å². The minimum Gasteiger partial charge on any atom is -0.496 e. The van der Waals surface area contributed by atoms with Crippen LogP contribution in [0, 0.1) is 0 Å². The molecule has 2 aromatic carbocycles. The Labute approximate surface area is 208 Å². The molecule has 1 saturated heterocycles. The summed E-state index contributed by atoms with van der Waals surface area (Å²) in [7, 11) is 3.86. The first kappa shape index (κ1) is 23.8. The Bertz CT molecular complexity index is 1200. The number of likely N-dealkylation sites (N-methyl/N-ethyl adjacent to an activating group) is 1. The molecule has 5 rings (SSSR count). The molecule has 0 spiro atoms. The molecule has 1 aromatic heterocycles. The van der Waals surface area contributed by atoms with E-state index < -0.39 is 0 Å². The van der Waals surface area contributed by atoms with Crippen molar-refractivity contribution in [3.05, 3.63) is 58.9 Å². The molecule has 7 heteroatoms. The largest absolute Gasteiger partial charge is 0.496 e. The number of fused-ring (bicyclic) bond motifs is 2. The first-order valence-electron chi connectivity index (χ1n) is 12.9. The van der Waals surface area contributed by atoms with Gasteiger partial charge >= 0.3 is 0 Å². The van der Waals surface area contributed by atoms with Crippen LogP contribution in [0.15, 0.2) is 36.4 Å². The van der Waals surface area contributed by atoms with Crippen LogP contribution in [-0.4, -0.2) is 71.9 Å². The lowest BCUT2D eigenvalue weighted by atomic mass is 9.90. The van der Waals surface area contributed by atoms with Crippen LogP contribution < -0.4 is 10.1 Å². The molecule has 0 bridgehead atoms. The van der Waals surface area contributed by atoms with Gasteiger partial charge in [-0.2, -0.15) is 5.10 Å². The number of benzene rings is 2.